The van der Waals surface area contributed by atoms with Gasteiger partial charge in [-0.25, -0.2) is 4.68 Å². The quantitative estimate of drug-likeness (QED) is 0.746. The Hall–Kier alpha value is -2.10. The average molecular weight is 202 g/mol. The van der Waals surface area contributed by atoms with Crippen molar-refractivity contribution in [1.82, 2.24) is 9.78 Å². The molecule has 0 saturated carbocycles. The molecule has 76 valence electrons. The SMILES string of the molecule is Cc1[nH]n(-c2ccccc2)c(=O)c1C=O. The molecule has 1 heterocycles. The summed E-state index contributed by atoms with van der Waals surface area (Å²) >= 11 is 0. The second-order valence-corrected chi connectivity index (χ2v) is 3.24. The summed E-state index contributed by atoms with van der Waals surface area (Å²) < 4.78 is 1.36. The van der Waals surface area contributed by atoms with Gasteiger partial charge in [0.05, 0.1) is 5.69 Å². The Balaban J connectivity index is 2.66. The van der Waals surface area contributed by atoms with Gasteiger partial charge in [-0.3, -0.25) is 14.7 Å². The minimum atomic E-state index is -0.311. The summed E-state index contributed by atoms with van der Waals surface area (Å²) in [7, 11) is 0. The zero-order valence-electron chi connectivity index (χ0n) is 8.23. The van der Waals surface area contributed by atoms with Crippen LogP contribution in [-0.4, -0.2) is 16.1 Å². The van der Waals surface area contributed by atoms with E-state index in [-0.39, 0.29) is 11.1 Å². The highest BCUT2D eigenvalue weighted by atomic mass is 16.1. The standard InChI is InChI=1S/C11H10N2O2/c1-8-10(7-14)11(15)13(12-8)9-5-3-2-4-6-9/h2-7,12H,1H3. The lowest BCUT2D eigenvalue weighted by Crippen LogP contribution is -2.16. The van der Waals surface area contributed by atoms with Gasteiger partial charge in [-0.05, 0) is 19.1 Å². The number of aldehydes is 1. The molecular weight excluding hydrogens is 192 g/mol. The Morgan fingerprint density at radius 3 is 2.47 bits per heavy atom. The van der Waals surface area contributed by atoms with Crippen LogP contribution in [0.5, 0.6) is 0 Å². The van der Waals surface area contributed by atoms with Crippen LogP contribution in [0.15, 0.2) is 35.1 Å². The molecule has 4 heteroatoms. The van der Waals surface area contributed by atoms with E-state index in [4.69, 9.17) is 0 Å². The molecule has 2 aromatic rings. The highest BCUT2D eigenvalue weighted by Gasteiger charge is 2.10. The van der Waals surface area contributed by atoms with Gasteiger partial charge in [0.1, 0.15) is 5.56 Å². The lowest BCUT2D eigenvalue weighted by atomic mass is 10.3. The molecule has 15 heavy (non-hydrogen) atoms. The van der Waals surface area contributed by atoms with Crippen molar-refractivity contribution in [2.45, 2.75) is 6.92 Å². The third-order valence-corrected chi connectivity index (χ3v) is 2.25. The van der Waals surface area contributed by atoms with Crippen LogP contribution in [0, 0.1) is 6.92 Å². The van der Waals surface area contributed by atoms with Gasteiger partial charge in [-0.15, -0.1) is 0 Å². The fourth-order valence-corrected chi connectivity index (χ4v) is 1.46. The van der Waals surface area contributed by atoms with E-state index in [1.165, 1.54) is 4.68 Å². The summed E-state index contributed by atoms with van der Waals surface area (Å²) in [5.74, 6) is 0. The molecule has 0 radical (unpaired) electrons. The number of benzene rings is 1. The number of aromatic nitrogens is 2. The number of hydrogen-bond donors (Lipinski definition) is 1. The van der Waals surface area contributed by atoms with Crippen molar-refractivity contribution < 1.29 is 4.79 Å². The number of rotatable bonds is 2. The van der Waals surface area contributed by atoms with E-state index in [9.17, 15) is 9.59 Å². The maximum absolute atomic E-state index is 11.7. The minimum absolute atomic E-state index is 0.179. The van der Waals surface area contributed by atoms with Crippen LogP contribution in [0.1, 0.15) is 16.1 Å². The Morgan fingerprint density at radius 2 is 1.93 bits per heavy atom. The van der Waals surface area contributed by atoms with Crippen molar-refractivity contribution in [2.75, 3.05) is 0 Å². The summed E-state index contributed by atoms with van der Waals surface area (Å²) in [6.07, 6.45) is 0.577. The molecular formula is C11H10N2O2. The van der Waals surface area contributed by atoms with Crippen molar-refractivity contribution in [1.29, 1.82) is 0 Å². The lowest BCUT2D eigenvalue weighted by Gasteiger charge is -1.99. The number of aromatic amines is 1. The molecule has 0 spiro atoms. The van der Waals surface area contributed by atoms with Crippen LogP contribution in [0.25, 0.3) is 5.69 Å². The van der Waals surface area contributed by atoms with Crippen molar-refractivity contribution in [3.8, 4) is 5.69 Å². The molecule has 0 saturated heterocycles. The lowest BCUT2D eigenvalue weighted by molar-refractivity contribution is 0.112. The van der Waals surface area contributed by atoms with Crippen molar-refractivity contribution in [2.24, 2.45) is 0 Å². The molecule has 1 N–H and O–H groups in total. The normalized spacial score (nSPS) is 10.2. The highest BCUT2D eigenvalue weighted by molar-refractivity contribution is 5.75. The van der Waals surface area contributed by atoms with E-state index in [1.807, 2.05) is 18.2 Å². The molecule has 0 amide bonds. The number of nitrogens with one attached hydrogen (secondary N) is 1. The first kappa shape index (κ1) is 9.45. The maximum Gasteiger partial charge on any atom is 0.282 e. The first-order chi connectivity index (χ1) is 7.24. The van der Waals surface area contributed by atoms with E-state index in [2.05, 4.69) is 5.10 Å². The second-order valence-electron chi connectivity index (χ2n) is 3.24. The smallest absolute Gasteiger partial charge is 0.282 e. The Bertz CT molecular complexity index is 537. The fourth-order valence-electron chi connectivity index (χ4n) is 1.46. The second kappa shape index (κ2) is 3.57. The van der Waals surface area contributed by atoms with Gasteiger partial charge in [-0.1, -0.05) is 18.2 Å². The molecule has 0 fully saturated rings. The molecule has 1 aromatic heterocycles. The maximum atomic E-state index is 11.7. The monoisotopic (exact) mass is 202 g/mol. The molecule has 0 aliphatic heterocycles. The van der Waals surface area contributed by atoms with Gasteiger partial charge in [0.2, 0.25) is 0 Å². The molecule has 0 unspecified atom stereocenters. The first-order valence-corrected chi connectivity index (χ1v) is 4.56. The number of para-hydroxylation sites is 1. The Labute approximate surface area is 86.1 Å². The van der Waals surface area contributed by atoms with Crippen LogP contribution in [0.3, 0.4) is 0 Å². The van der Waals surface area contributed by atoms with E-state index in [0.29, 0.717) is 12.0 Å². The largest absolute Gasteiger partial charge is 0.298 e. The molecule has 1 aromatic carbocycles. The van der Waals surface area contributed by atoms with Gasteiger partial charge < -0.3 is 0 Å². The fraction of sp³-hybridized carbons (Fsp3) is 0.0909. The predicted molar refractivity (Wildman–Crippen MR) is 56.5 cm³/mol. The van der Waals surface area contributed by atoms with E-state index >= 15 is 0 Å². The number of nitrogens with zero attached hydrogens (tertiary/aromatic N) is 1. The van der Waals surface area contributed by atoms with Crippen molar-refractivity contribution in [3.05, 3.63) is 51.9 Å². The zero-order chi connectivity index (χ0) is 10.8. The zero-order valence-corrected chi connectivity index (χ0v) is 8.23. The summed E-state index contributed by atoms with van der Waals surface area (Å²) in [6.45, 7) is 1.70. The molecule has 0 atom stereocenters. The van der Waals surface area contributed by atoms with Crippen LogP contribution in [0.4, 0.5) is 0 Å². The van der Waals surface area contributed by atoms with Crippen LogP contribution in [0.2, 0.25) is 0 Å². The predicted octanol–water partition coefficient (Wildman–Crippen LogP) is 1.29. The Morgan fingerprint density at radius 1 is 1.27 bits per heavy atom. The third-order valence-electron chi connectivity index (χ3n) is 2.25. The number of carbonyl (C=O) groups excluding carboxylic acids is 1. The van der Waals surface area contributed by atoms with Gasteiger partial charge in [-0.2, -0.15) is 0 Å². The minimum Gasteiger partial charge on any atom is -0.298 e. The third kappa shape index (κ3) is 1.50. The van der Waals surface area contributed by atoms with E-state index in [0.717, 1.165) is 5.69 Å². The molecule has 0 bridgehead atoms. The average Bonchev–Trinajstić information content (AvgIpc) is 2.55. The Kier molecular flexibility index (Phi) is 2.25. The van der Waals surface area contributed by atoms with Gasteiger partial charge >= 0.3 is 0 Å². The topological polar surface area (TPSA) is 54.9 Å². The number of H-pyrrole nitrogens is 1. The highest BCUT2D eigenvalue weighted by Crippen LogP contribution is 2.04. The number of aryl methyl sites for hydroxylation is 1. The van der Waals surface area contributed by atoms with Crippen LogP contribution >= 0.6 is 0 Å². The van der Waals surface area contributed by atoms with Gasteiger partial charge in [0, 0.05) is 5.69 Å². The summed E-state index contributed by atoms with van der Waals surface area (Å²) in [5.41, 5.74) is 1.17. The molecule has 2 rings (SSSR count). The molecule has 0 aliphatic carbocycles. The first-order valence-electron chi connectivity index (χ1n) is 4.56. The van der Waals surface area contributed by atoms with Crippen molar-refractivity contribution >= 4 is 6.29 Å². The summed E-state index contributed by atoms with van der Waals surface area (Å²) in [5, 5.41) is 2.85. The number of carbonyl (C=O) groups is 1. The van der Waals surface area contributed by atoms with E-state index < -0.39 is 0 Å². The summed E-state index contributed by atoms with van der Waals surface area (Å²) in [6, 6.07) is 9.12. The summed E-state index contributed by atoms with van der Waals surface area (Å²) in [4.78, 5) is 22.4. The van der Waals surface area contributed by atoms with Gasteiger partial charge in [0.25, 0.3) is 5.56 Å². The molecule has 0 aliphatic rings. The number of hydrogen-bond acceptors (Lipinski definition) is 2. The van der Waals surface area contributed by atoms with E-state index in [1.54, 1.807) is 19.1 Å². The van der Waals surface area contributed by atoms with Crippen LogP contribution in [-0.2, 0) is 0 Å². The van der Waals surface area contributed by atoms with Crippen LogP contribution < -0.4 is 5.56 Å². The van der Waals surface area contributed by atoms with Crippen molar-refractivity contribution in [3.63, 3.8) is 0 Å². The molecule has 4 nitrogen and oxygen atoms in total. The van der Waals surface area contributed by atoms with Gasteiger partial charge in [0.15, 0.2) is 6.29 Å².